The minimum Gasteiger partial charge on any atom is -0.469 e. The quantitative estimate of drug-likeness (QED) is 0.469. The molecule has 0 amide bonds. The molecule has 4 aromatic rings. The van der Waals surface area contributed by atoms with Crippen molar-refractivity contribution in [2.75, 3.05) is 5.32 Å². The summed E-state index contributed by atoms with van der Waals surface area (Å²) in [4.78, 5) is 17.9. The number of anilines is 1. The maximum Gasteiger partial charge on any atom is 0.162 e. The van der Waals surface area contributed by atoms with Crippen molar-refractivity contribution in [3.63, 3.8) is 0 Å². The Morgan fingerprint density at radius 1 is 0.967 bits per heavy atom. The second-order valence-corrected chi connectivity index (χ2v) is 8.03. The molecule has 0 spiro atoms. The standard InChI is InChI=1S/C26H20N2O2/c29-22-14-18(23-8-4-12-30-23)13-21-26(22)24(17-6-3-11-27-15-17)25-19-7-2-1-5-16(19)9-10-20(25)28-21/h1-12,15,18,24,28H,13-14H2/t18-,24+/m0/s1. The van der Waals surface area contributed by atoms with E-state index in [9.17, 15) is 4.79 Å². The Hall–Kier alpha value is -3.66. The van der Waals surface area contributed by atoms with Gasteiger partial charge in [-0.15, -0.1) is 0 Å². The van der Waals surface area contributed by atoms with E-state index in [1.165, 1.54) is 10.8 Å². The van der Waals surface area contributed by atoms with E-state index >= 15 is 0 Å². The topological polar surface area (TPSA) is 55.1 Å². The average Bonchev–Trinajstić information content (AvgIpc) is 3.33. The van der Waals surface area contributed by atoms with E-state index in [0.29, 0.717) is 6.42 Å². The molecule has 2 aromatic heterocycles. The van der Waals surface area contributed by atoms with E-state index in [2.05, 4.69) is 52.8 Å². The van der Waals surface area contributed by atoms with E-state index in [4.69, 9.17) is 4.42 Å². The molecule has 0 unspecified atom stereocenters. The van der Waals surface area contributed by atoms with Crippen LogP contribution in [0.4, 0.5) is 5.69 Å². The highest BCUT2D eigenvalue weighted by Gasteiger charge is 2.39. The predicted molar refractivity (Wildman–Crippen MR) is 116 cm³/mol. The lowest BCUT2D eigenvalue weighted by atomic mass is 9.72. The fraction of sp³-hybridized carbons (Fsp3) is 0.154. The molecule has 146 valence electrons. The number of pyridine rings is 1. The Morgan fingerprint density at radius 2 is 1.90 bits per heavy atom. The molecule has 1 N–H and O–H groups in total. The van der Waals surface area contributed by atoms with Crippen LogP contribution in [-0.2, 0) is 4.79 Å². The highest BCUT2D eigenvalue weighted by Crippen LogP contribution is 2.49. The van der Waals surface area contributed by atoms with Crippen molar-refractivity contribution in [1.29, 1.82) is 0 Å². The zero-order valence-electron chi connectivity index (χ0n) is 16.3. The molecule has 1 aliphatic heterocycles. The van der Waals surface area contributed by atoms with Crippen LogP contribution in [0.25, 0.3) is 10.8 Å². The van der Waals surface area contributed by atoms with Crippen molar-refractivity contribution in [2.45, 2.75) is 24.7 Å². The van der Waals surface area contributed by atoms with Gasteiger partial charge in [0.25, 0.3) is 0 Å². The summed E-state index contributed by atoms with van der Waals surface area (Å²) in [7, 11) is 0. The van der Waals surface area contributed by atoms with Crippen molar-refractivity contribution >= 4 is 22.2 Å². The molecule has 2 atom stereocenters. The van der Waals surface area contributed by atoms with Gasteiger partial charge in [0.05, 0.1) is 6.26 Å². The zero-order chi connectivity index (χ0) is 20.1. The van der Waals surface area contributed by atoms with Crippen molar-refractivity contribution in [3.8, 4) is 0 Å². The van der Waals surface area contributed by atoms with Gasteiger partial charge in [-0.3, -0.25) is 9.78 Å². The highest BCUT2D eigenvalue weighted by molar-refractivity contribution is 6.04. The Kier molecular flexibility index (Phi) is 3.85. The monoisotopic (exact) mass is 392 g/mol. The first-order chi connectivity index (χ1) is 14.8. The van der Waals surface area contributed by atoms with Gasteiger partial charge >= 0.3 is 0 Å². The van der Waals surface area contributed by atoms with E-state index in [0.717, 1.165) is 40.3 Å². The first-order valence-electron chi connectivity index (χ1n) is 10.3. The molecule has 2 aromatic carbocycles. The van der Waals surface area contributed by atoms with Crippen molar-refractivity contribution in [2.24, 2.45) is 0 Å². The van der Waals surface area contributed by atoms with Crippen molar-refractivity contribution < 1.29 is 9.21 Å². The molecule has 6 rings (SSSR count). The second-order valence-electron chi connectivity index (χ2n) is 8.03. The van der Waals surface area contributed by atoms with Gasteiger partial charge in [0.2, 0.25) is 0 Å². The van der Waals surface area contributed by atoms with Gasteiger partial charge < -0.3 is 9.73 Å². The van der Waals surface area contributed by atoms with Crippen LogP contribution in [0.5, 0.6) is 0 Å². The summed E-state index contributed by atoms with van der Waals surface area (Å²) < 4.78 is 5.63. The summed E-state index contributed by atoms with van der Waals surface area (Å²) in [6, 6.07) is 20.5. The number of aromatic nitrogens is 1. The Balaban J connectivity index is 1.57. The summed E-state index contributed by atoms with van der Waals surface area (Å²) in [5.41, 5.74) is 5.15. The largest absolute Gasteiger partial charge is 0.469 e. The van der Waals surface area contributed by atoms with Crippen molar-refractivity contribution in [3.05, 3.63) is 107 Å². The Labute approximate surface area is 174 Å². The van der Waals surface area contributed by atoms with Gasteiger partial charge in [0.1, 0.15) is 5.76 Å². The predicted octanol–water partition coefficient (Wildman–Crippen LogP) is 5.79. The number of nitrogens with one attached hydrogen (secondary N) is 1. The number of allylic oxidation sites excluding steroid dienone is 2. The molecule has 0 bridgehead atoms. The number of benzene rings is 2. The van der Waals surface area contributed by atoms with Crippen LogP contribution in [0, 0.1) is 0 Å². The highest BCUT2D eigenvalue weighted by atomic mass is 16.3. The molecule has 2 aliphatic rings. The summed E-state index contributed by atoms with van der Waals surface area (Å²) in [6.45, 7) is 0. The van der Waals surface area contributed by atoms with Crippen LogP contribution in [0.15, 0.2) is 95.0 Å². The number of hydrogen-bond acceptors (Lipinski definition) is 4. The summed E-state index contributed by atoms with van der Waals surface area (Å²) in [6.07, 6.45) is 6.57. The van der Waals surface area contributed by atoms with E-state index < -0.39 is 0 Å². The van der Waals surface area contributed by atoms with Crippen LogP contribution >= 0.6 is 0 Å². The summed E-state index contributed by atoms with van der Waals surface area (Å²) in [5, 5.41) is 5.95. The van der Waals surface area contributed by atoms with E-state index in [1.54, 1.807) is 12.5 Å². The number of ketones is 1. The summed E-state index contributed by atoms with van der Waals surface area (Å²) >= 11 is 0. The fourth-order valence-corrected chi connectivity index (χ4v) is 5.01. The van der Waals surface area contributed by atoms with Gasteiger partial charge in [-0.2, -0.15) is 0 Å². The van der Waals surface area contributed by atoms with E-state index in [1.807, 2.05) is 24.4 Å². The number of carbonyl (C=O) groups is 1. The number of fused-ring (bicyclic) bond motifs is 3. The average molecular weight is 392 g/mol. The van der Waals surface area contributed by atoms with Crippen LogP contribution in [0.1, 0.15) is 41.6 Å². The van der Waals surface area contributed by atoms with Gasteiger partial charge in [0, 0.05) is 47.6 Å². The third-order valence-corrected chi connectivity index (χ3v) is 6.30. The lowest BCUT2D eigenvalue weighted by molar-refractivity contribution is -0.116. The number of Topliss-reactive ketones (excluding diaryl/α,β-unsaturated/α-hetero) is 1. The normalized spacial score (nSPS) is 20.6. The van der Waals surface area contributed by atoms with Crippen molar-refractivity contribution in [1.82, 2.24) is 4.98 Å². The molecule has 1 aliphatic carbocycles. The molecule has 4 heteroatoms. The molecule has 30 heavy (non-hydrogen) atoms. The molecule has 4 nitrogen and oxygen atoms in total. The minimum absolute atomic E-state index is 0.0651. The van der Waals surface area contributed by atoms with Crippen LogP contribution < -0.4 is 5.32 Å². The lowest BCUT2D eigenvalue weighted by Crippen LogP contribution is -2.29. The number of hydrogen-bond donors (Lipinski definition) is 1. The van der Waals surface area contributed by atoms with Crippen LogP contribution in [0.3, 0.4) is 0 Å². The third kappa shape index (κ3) is 2.61. The third-order valence-electron chi connectivity index (χ3n) is 6.30. The fourth-order valence-electron chi connectivity index (χ4n) is 5.01. The number of carbonyl (C=O) groups excluding carboxylic acids is 1. The number of rotatable bonds is 2. The van der Waals surface area contributed by atoms with Crippen LogP contribution in [-0.4, -0.2) is 10.8 Å². The summed E-state index contributed by atoms with van der Waals surface area (Å²) in [5.74, 6) is 0.993. The maximum absolute atomic E-state index is 13.5. The Morgan fingerprint density at radius 3 is 2.73 bits per heavy atom. The van der Waals surface area contributed by atoms with Gasteiger partial charge in [-0.1, -0.05) is 36.4 Å². The minimum atomic E-state index is -0.124. The second kappa shape index (κ2) is 6.70. The molecular formula is C26H20N2O2. The van der Waals surface area contributed by atoms with E-state index in [-0.39, 0.29) is 17.6 Å². The molecule has 0 saturated carbocycles. The number of furan rings is 1. The maximum atomic E-state index is 13.5. The molecule has 0 fully saturated rings. The molecule has 0 saturated heterocycles. The van der Waals surface area contributed by atoms with Crippen LogP contribution in [0.2, 0.25) is 0 Å². The van der Waals surface area contributed by atoms with Gasteiger partial charge in [0.15, 0.2) is 5.78 Å². The SMILES string of the molecule is O=C1C[C@@H](c2ccco2)CC2=C1[C@H](c1cccnc1)c1c(ccc3ccccc13)N2. The van der Waals surface area contributed by atoms with Gasteiger partial charge in [-0.25, -0.2) is 0 Å². The van der Waals surface area contributed by atoms with Gasteiger partial charge in [-0.05, 0) is 52.6 Å². The first-order valence-corrected chi connectivity index (χ1v) is 10.3. The lowest BCUT2D eigenvalue weighted by Gasteiger charge is -2.36. The number of nitrogens with zero attached hydrogens (tertiary/aromatic N) is 1. The smallest absolute Gasteiger partial charge is 0.162 e. The molecular weight excluding hydrogens is 372 g/mol. The zero-order valence-corrected chi connectivity index (χ0v) is 16.3. The first kappa shape index (κ1) is 17.2. The molecule has 0 radical (unpaired) electrons. The Bertz CT molecular complexity index is 1290. The molecule has 3 heterocycles.